The fourth-order valence-corrected chi connectivity index (χ4v) is 7.30. The van der Waals surface area contributed by atoms with E-state index in [-0.39, 0.29) is 17.3 Å². The summed E-state index contributed by atoms with van der Waals surface area (Å²) in [6.45, 7) is 2.26. The van der Waals surface area contributed by atoms with Gasteiger partial charge in [0.05, 0.1) is 24.1 Å². The van der Waals surface area contributed by atoms with Gasteiger partial charge >= 0.3 is 5.97 Å². The third-order valence-electron chi connectivity index (χ3n) is 8.53. The van der Waals surface area contributed by atoms with Crippen LogP contribution in [0.25, 0.3) is 5.69 Å². The number of hydrogen-bond acceptors (Lipinski definition) is 7. The van der Waals surface area contributed by atoms with Crippen molar-refractivity contribution in [2.75, 3.05) is 12.4 Å². The molecule has 2 unspecified atom stereocenters. The summed E-state index contributed by atoms with van der Waals surface area (Å²) in [6, 6.07) is 26.6. The molecule has 226 valence electrons. The van der Waals surface area contributed by atoms with Crippen LogP contribution in [0.4, 0.5) is 5.82 Å². The zero-order valence-electron chi connectivity index (χ0n) is 24.8. The second-order valence-electron chi connectivity index (χ2n) is 11.3. The standard InChI is InChI=1S/C36H31N3O5S/c1-21-32-33(23-14-15-29(43-2)30(19-23)44-20-22-9-4-3-5-10-22)34-26(17-24(18-28(34)40)31-13-8-16-45-31)37-35(32)39(38-21)27-12-7-6-11-25(27)36(41)42/h3-16,19,24,33,37H,17-18,20H2,1-2H3,(H,41,42). The number of benzene rings is 3. The van der Waals surface area contributed by atoms with E-state index in [0.717, 1.165) is 22.4 Å². The van der Waals surface area contributed by atoms with E-state index in [9.17, 15) is 14.7 Å². The van der Waals surface area contributed by atoms with Crippen LogP contribution in [0.3, 0.4) is 0 Å². The molecule has 0 fully saturated rings. The summed E-state index contributed by atoms with van der Waals surface area (Å²) in [4.78, 5) is 27.5. The van der Waals surface area contributed by atoms with Crippen molar-refractivity contribution >= 4 is 28.9 Å². The van der Waals surface area contributed by atoms with Gasteiger partial charge in [-0.1, -0.05) is 54.6 Å². The molecule has 45 heavy (non-hydrogen) atoms. The topological polar surface area (TPSA) is 103 Å². The lowest BCUT2D eigenvalue weighted by Gasteiger charge is -2.35. The Morgan fingerprint density at radius 2 is 1.82 bits per heavy atom. The molecule has 2 aliphatic rings. The monoisotopic (exact) mass is 617 g/mol. The molecular formula is C36H31N3O5S. The van der Waals surface area contributed by atoms with Gasteiger partial charge in [-0.15, -0.1) is 11.3 Å². The van der Waals surface area contributed by atoms with Crippen molar-refractivity contribution in [3.05, 3.63) is 134 Å². The molecule has 2 N–H and O–H groups in total. The highest BCUT2D eigenvalue weighted by atomic mass is 32.1. The number of Topliss-reactive ketones (excluding diaryl/α,β-unsaturated/α-hetero) is 1. The Balaban J connectivity index is 1.38. The van der Waals surface area contributed by atoms with Gasteiger partial charge in [0, 0.05) is 40.0 Å². The number of methoxy groups -OCH3 is 1. The number of anilines is 1. The molecular weight excluding hydrogens is 586 g/mol. The lowest BCUT2D eigenvalue weighted by atomic mass is 9.73. The highest BCUT2D eigenvalue weighted by Crippen LogP contribution is 2.51. The summed E-state index contributed by atoms with van der Waals surface area (Å²) in [7, 11) is 1.61. The fourth-order valence-electron chi connectivity index (χ4n) is 6.47. The number of rotatable bonds is 8. The highest BCUT2D eigenvalue weighted by molar-refractivity contribution is 7.10. The van der Waals surface area contributed by atoms with Crippen LogP contribution >= 0.6 is 11.3 Å². The summed E-state index contributed by atoms with van der Waals surface area (Å²) in [6.07, 6.45) is 1.06. The van der Waals surface area contributed by atoms with E-state index >= 15 is 0 Å². The molecule has 3 aromatic carbocycles. The van der Waals surface area contributed by atoms with Gasteiger partial charge < -0.3 is 19.9 Å². The molecule has 0 bridgehead atoms. The lowest BCUT2D eigenvalue weighted by molar-refractivity contribution is -0.116. The number of ether oxygens (including phenoxy) is 2. The van der Waals surface area contributed by atoms with Gasteiger partial charge in [-0.2, -0.15) is 5.10 Å². The number of carbonyl (C=O) groups excluding carboxylic acids is 1. The van der Waals surface area contributed by atoms with Gasteiger partial charge in [-0.25, -0.2) is 9.48 Å². The zero-order valence-corrected chi connectivity index (χ0v) is 25.6. The quantitative estimate of drug-likeness (QED) is 0.186. The van der Waals surface area contributed by atoms with Crippen molar-refractivity contribution < 1.29 is 24.2 Å². The van der Waals surface area contributed by atoms with Crippen LogP contribution in [0.15, 0.2) is 102 Å². The second-order valence-corrected chi connectivity index (χ2v) is 12.2. The number of nitrogens with zero attached hydrogens (tertiary/aromatic N) is 2. The number of aryl methyl sites for hydroxylation is 1. The number of fused-ring (bicyclic) bond motifs is 1. The molecule has 0 amide bonds. The molecule has 2 atom stereocenters. The van der Waals surface area contributed by atoms with E-state index in [2.05, 4.69) is 11.4 Å². The van der Waals surface area contributed by atoms with Gasteiger partial charge in [-0.3, -0.25) is 4.79 Å². The first-order chi connectivity index (χ1) is 21.9. The third kappa shape index (κ3) is 5.19. The number of nitrogens with one attached hydrogen (secondary N) is 1. The molecule has 9 heteroatoms. The number of hydrogen-bond donors (Lipinski definition) is 2. The minimum Gasteiger partial charge on any atom is -0.493 e. The molecule has 2 aromatic heterocycles. The van der Waals surface area contributed by atoms with Gasteiger partial charge in [0.25, 0.3) is 0 Å². The largest absolute Gasteiger partial charge is 0.493 e. The summed E-state index contributed by atoms with van der Waals surface area (Å²) in [5, 5.41) is 20.5. The zero-order chi connectivity index (χ0) is 31.1. The maximum absolute atomic E-state index is 14.1. The molecule has 1 aliphatic heterocycles. The van der Waals surface area contributed by atoms with Crippen molar-refractivity contribution in [3.63, 3.8) is 0 Å². The van der Waals surface area contributed by atoms with Crippen LogP contribution in [0.1, 0.15) is 62.3 Å². The maximum atomic E-state index is 14.1. The average molecular weight is 618 g/mol. The number of carboxylic acid groups (broad SMARTS) is 1. The van der Waals surface area contributed by atoms with Crippen LogP contribution in [0, 0.1) is 6.92 Å². The fraction of sp³-hybridized carbons (Fsp3) is 0.194. The molecule has 0 radical (unpaired) electrons. The Morgan fingerprint density at radius 3 is 2.58 bits per heavy atom. The van der Waals surface area contributed by atoms with Gasteiger partial charge in [0.15, 0.2) is 17.3 Å². The molecule has 0 spiro atoms. The number of carbonyl (C=O) groups is 2. The van der Waals surface area contributed by atoms with Crippen LogP contribution in [-0.2, 0) is 11.4 Å². The predicted octanol–water partition coefficient (Wildman–Crippen LogP) is 7.49. The van der Waals surface area contributed by atoms with Gasteiger partial charge in [0.2, 0.25) is 0 Å². The van der Waals surface area contributed by atoms with Crippen LogP contribution < -0.4 is 14.8 Å². The Bertz CT molecular complexity index is 1940. The van der Waals surface area contributed by atoms with E-state index < -0.39 is 11.9 Å². The average Bonchev–Trinajstić information content (AvgIpc) is 3.72. The van der Waals surface area contributed by atoms with Gasteiger partial charge in [-0.05, 0) is 60.2 Å². The lowest BCUT2D eigenvalue weighted by Crippen LogP contribution is -2.30. The summed E-state index contributed by atoms with van der Waals surface area (Å²) < 4.78 is 13.6. The van der Waals surface area contributed by atoms with Crippen molar-refractivity contribution in [2.24, 2.45) is 0 Å². The number of aromatic carboxylic acids is 1. The number of thiophene rings is 1. The van der Waals surface area contributed by atoms with E-state index in [1.54, 1.807) is 47.4 Å². The smallest absolute Gasteiger partial charge is 0.337 e. The van der Waals surface area contributed by atoms with Crippen molar-refractivity contribution in [2.45, 2.75) is 38.2 Å². The van der Waals surface area contributed by atoms with Crippen LogP contribution in [-0.4, -0.2) is 33.7 Å². The Hall–Kier alpha value is -5.15. The molecule has 0 saturated carbocycles. The van der Waals surface area contributed by atoms with Gasteiger partial charge in [0.1, 0.15) is 12.4 Å². The minimum absolute atomic E-state index is 0.0513. The number of aromatic nitrogens is 2. The molecule has 8 nitrogen and oxygen atoms in total. The van der Waals surface area contributed by atoms with Crippen molar-refractivity contribution in [1.82, 2.24) is 9.78 Å². The van der Waals surface area contributed by atoms with Crippen LogP contribution in [0.5, 0.6) is 11.5 Å². The SMILES string of the molecule is COc1ccc(C2C3=C(CC(c4cccs4)CC3=O)Nc3c2c(C)nn3-c2ccccc2C(=O)O)cc1OCc1ccccc1. The highest BCUT2D eigenvalue weighted by Gasteiger charge is 2.42. The first-order valence-electron chi connectivity index (χ1n) is 14.8. The molecule has 7 rings (SSSR count). The second kappa shape index (κ2) is 11.7. The third-order valence-corrected chi connectivity index (χ3v) is 9.56. The molecule has 1 aliphatic carbocycles. The molecule has 3 heterocycles. The normalized spacial score (nSPS) is 17.3. The molecule has 0 saturated heterocycles. The number of allylic oxidation sites excluding steroid dienone is 2. The summed E-state index contributed by atoms with van der Waals surface area (Å²) in [5.41, 5.74) is 5.55. The Morgan fingerprint density at radius 1 is 1.02 bits per heavy atom. The van der Waals surface area contributed by atoms with E-state index in [1.165, 1.54) is 4.88 Å². The van der Waals surface area contributed by atoms with E-state index in [4.69, 9.17) is 14.6 Å². The number of para-hydroxylation sites is 1. The predicted molar refractivity (Wildman–Crippen MR) is 173 cm³/mol. The first-order valence-corrected chi connectivity index (χ1v) is 15.6. The Kier molecular flexibility index (Phi) is 7.47. The van der Waals surface area contributed by atoms with E-state index in [1.807, 2.05) is 66.9 Å². The van der Waals surface area contributed by atoms with E-state index in [0.29, 0.717) is 53.7 Å². The first kappa shape index (κ1) is 28.6. The summed E-state index contributed by atoms with van der Waals surface area (Å²) in [5.74, 6) is 0.473. The molecule has 5 aromatic rings. The van der Waals surface area contributed by atoms with Crippen molar-refractivity contribution in [1.29, 1.82) is 0 Å². The Labute approximate surface area is 264 Å². The number of ketones is 1. The minimum atomic E-state index is -1.04. The van der Waals surface area contributed by atoms with Crippen LogP contribution in [0.2, 0.25) is 0 Å². The number of carboxylic acids is 1. The maximum Gasteiger partial charge on any atom is 0.337 e. The summed E-state index contributed by atoms with van der Waals surface area (Å²) >= 11 is 1.66. The van der Waals surface area contributed by atoms with Crippen molar-refractivity contribution in [3.8, 4) is 17.2 Å².